The Labute approximate surface area is 129 Å². The van der Waals surface area contributed by atoms with Gasteiger partial charge in [0.05, 0.1) is 0 Å². The minimum absolute atomic E-state index is 0.382. The van der Waals surface area contributed by atoms with Gasteiger partial charge in [-0.1, -0.05) is 35.9 Å². The number of hydrogen-bond donors (Lipinski definition) is 2. The van der Waals surface area contributed by atoms with Gasteiger partial charge in [-0.2, -0.15) is 0 Å². The van der Waals surface area contributed by atoms with Crippen molar-refractivity contribution in [3.63, 3.8) is 0 Å². The zero-order valence-corrected chi connectivity index (χ0v) is 12.9. The molecule has 0 aliphatic rings. The Morgan fingerprint density at radius 1 is 1.18 bits per heavy atom. The first-order chi connectivity index (χ1) is 10.4. The van der Waals surface area contributed by atoms with Crippen LogP contribution in [-0.2, 0) is 14.3 Å². The number of benzene rings is 1. The predicted octanol–water partition coefficient (Wildman–Crippen LogP) is 2.08. The minimum atomic E-state index is -1.19. The van der Waals surface area contributed by atoms with E-state index in [-0.39, 0.29) is 0 Å². The first-order valence-corrected chi connectivity index (χ1v) is 6.93. The average Bonchev–Trinajstić information content (AvgIpc) is 2.45. The van der Waals surface area contributed by atoms with Crippen molar-refractivity contribution in [3.8, 4) is 0 Å². The summed E-state index contributed by atoms with van der Waals surface area (Å²) < 4.78 is 5.18. The normalized spacial score (nSPS) is 11.0. The van der Waals surface area contributed by atoms with Crippen LogP contribution in [0.4, 0.5) is 4.79 Å². The molecule has 0 aliphatic carbocycles. The van der Waals surface area contributed by atoms with Gasteiger partial charge in [-0.25, -0.2) is 9.59 Å². The molecule has 6 heteroatoms. The third kappa shape index (κ3) is 5.78. The van der Waals surface area contributed by atoms with Gasteiger partial charge >= 0.3 is 12.0 Å². The van der Waals surface area contributed by atoms with E-state index in [9.17, 15) is 14.4 Å². The molecule has 0 bridgehead atoms. The lowest BCUT2D eigenvalue weighted by Gasteiger charge is -2.17. The van der Waals surface area contributed by atoms with E-state index in [2.05, 4.69) is 10.6 Å². The Morgan fingerprint density at radius 2 is 1.82 bits per heavy atom. The van der Waals surface area contributed by atoms with Gasteiger partial charge in [-0.3, -0.25) is 10.1 Å². The lowest BCUT2D eigenvalue weighted by atomic mass is 10.1. The summed E-state index contributed by atoms with van der Waals surface area (Å²) in [5.41, 5.74) is 1.24. The molecule has 0 spiro atoms. The molecule has 2 N–H and O–H groups in total. The maximum atomic E-state index is 12.2. The molecule has 1 aromatic rings. The molecular weight excluding hydrogens is 284 g/mol. The van der Waals surface area contributed by atoms with Crippen LogP contribution in [0.5, 0.6) is 0 Å². The van der Waals surface area contributed by atoms with E-state index in [0.717, 1.165) is 5.57 Å². The second kappa shape index (κ2) is 8.61. The summed E-state index contributed by atoms with van der Waals surface area (Å²) in [6.07, 6.45) is 0.0990. The number of allylic oxidation sites excluding steroid dienone is 1. The Kier molecular flexibility index (Phi) is 6.82. The van der Waals surface area contributed by atoms with Gasteiger partial charge in [0.1, 0.15) is 0 Å². The Morgan fingerprint density at radius 3 is 2.36 bits per heavy atom. The van der Waals surface area contributed by atoms with Crippen molar-refractivity contribution < 1.29 is 19.1 Å². The number of urea groups is 1. The maximum absolute atomic E-state index is 12.2. The number of esters is 1. The molecule has 6 nitrogen and oxygen atoms in total. The summed E-state index contributed by atoms with van der Waals surface area (Å²) >= 11 is 0. The van der Waals surface area contributed by atoms with E-state index >= 15 is 0 Å². The number of rotatable bonds is 5. The highest BCUT2D eigenvalue weighted by Gasteiger charge is 2.25. The van der Waals surface area contributed by atoms with Crippen molar-refractivity contribution in [2.45, 2.75) is 26.9 Å². The molecule has 118 valence electrons. The van der Waals surface area contributed by atoms with E-state index in [1.807, 2.05) is 0 Å². The molecular formula is C16H20N2O4. The highest BCUT2D eigenvalue weighted by atomic mass is 16.5. The van der Waals surface area contributed by atoms with Crippen molar-refractivity contribution in [2.24, 2.45) is 0 Å². The molecule has 1 rings (SSSR count). The molecule has 0 unspecified atom stereocenters. The predicted molar refractivity (Wildman–Crippen MR) is 81.9 cm³/mol. The SMILES string of the molecule is CCNC(=O)NC(=O)[C@@H](OC(=O)C=C(C)C)c1ccccc1. The second-order valence-corrected chi connectivity index (χ2v) is 4.80. The molecule has 0 heterocycles. The number of ether oxygens (including phenoxy) is 1. The number of carbonyl (C=O) groups excluding carboxylic acids is 3. The average molecular weight is 304 g/mol. The summed E-state index contributed by atoms with van der Waals surface area (Å²) in [6, 6.07) is 7.88. The fourth-order valence-electron chi connectivity index (χ4n) is 1.67. The zero-order chi connectivity index (χ0) is 16.5. The minimum Gasteiger partial charge on any atom is -0.444 e. The fraction of sp³-hybridized carbons (Fsp3) is 0.312. The number of carbonyl (C=O) groups is 3. The van der Waals surface area contributed by atoms with Crippen molar-refractivity contribution >= 4 is 17.9 Å². The van der Waals surface area contributed by atoms with Crippen LogP contribution in [0.1, 0.15) is 32.4 Å². The van der Waals surface area contributed by atoms with Gasteiger partial charge in [0.15, 0.2) is 0 Å². The molecule has 0 fully saturated rings. The molecule has 0 radical (unpaired) electrons. The summed E-state index contributed by atoms with van der Waals surface area (Å²) in [7, 11) is 0. The number of hydrogen-bond acceptors (Lipinski definition) is 4. The van der Waals surface area contributed by atoms with Crippen LogP contribution in [0.15, 0.2) is 42.0 Å². The topological polar surface area (TPSA) is 84.5 Å². The van der Waals surface area contributed by atoms with E-state index in [0.29, 0.717) is 12.1 Å². The van der Waals surface area contributed by atoms with E-state index in [1.54, 1.807) is 51.1 Å². The van der Waals surface area contributed by atoms with Gasteiger partial charge in [-0.15, -0.1) is 0 Å². The fourth-order valence-corrected chi connectivity index (χ4v) is 1.67. The molecule has 0 aliphatic heterocycles. The quantitative estimate of drug-likeness (QED) is 0.644. The van der Waals surface area contributed by atoms with Crippen LogP contribution in [0.25, 0.3) is 0 Å². The van der Waals surface area contributed by atoms with Gasteiger partial charge in [-0.05, 0) is 20.8 Å². The molecule has 0 saturated heterocycles. The largest absolute Gasteiger partial charge is 0.444 e. The van der Waals surface area contributed by atoms with Crippen molar-refractivity contribution in [1.29, 1.82) is 0 Å². The third-order valence-corrected chi connectivity index (χ3v) is 2.56. The van der Waals surface area contributed by atoms with E-state index in [1.165, 1.54) is 6.08 Å². The van der Waals surface area contributed by atoms with E-state index < -0.39 is 24.0 Å². The van der Waals surface area contributed by atoms with Crippen LogP contribution in [0.2, 0.25) is 0 Å². The summed E-state index contributed by atoms with van der Waals surface area (Å²) in [4.78, 5) is 35.4. The summed E-state index contributed by atoms with van der Waals surface area (Å²) in [5.74, 6) is -1.34. The number of amides is 3. The first kappa shape index (κ1) is 17.4. The summed E-state index contributed by atoms with van der Waals surface area (Å²) in [6.45, 7) is 5.60. The van der Waals surface area contributed by atoms with Crippen LogP contribution >= 0.6 is 0 Å². The molecule has 22 heavy (non-hydrogen) atoms. The second-order valence-electron chi connectivity index (χ2n) is 4.80. The van der Waals surface area contributed by atoms with Crippen LogP contribution in [0.3, 0.4) is 0 Å². The standard InChI is InChI=1S/C16H20N2O4/c1-4-17-16(21)18-15(20)14(12-8-6-5-7-9-12)22-13(19)10-11(2)3/h5-10,14H,4H2,1-3H3,(H2,17,18,20,21)/t14-/m0/s1. The number of imide groups is 1. The Balaban J connectivity index is 2.92. The van der Waals surface area contributed by atoms with Crippen molar-refractivity contribution in [3.05, 3.63) is 47.5 Å². The zero-order valence-electron chi connectivity index (χ0n) is 12.9. The monoisotopic (exact) mass is 304 g/mol. The van der Waals surface area contributed by atoms with Gasteiger partial charge < -0.3 is 10.1 Å². The lowest BCUT2D eigenvalue weighted by Crippen LogP contribution is -2.42. The third-order valence-electron chi connectivity index (χ3n) is 2.56. The van der Waals surface area contributed by atoms with Crippen LogP contribution in [0, 0.1) is 0 Å². The van der Waals surface area contributed by atoms with Gasteiger partial charge in [0.25, 0.3) is 5.91 Å². The molecule has 3 amide bonds. The highest BCUT2D eigenvalue weighted by Crippen LogP contribution is 2.18. The van der Waals surface area contributed by atoms with Crippen LogP contribution in [-0.4, -0.2) is 24.5 Å². The van der Waals surface area contributed by atoms with E-state index in [4.69, 9.17) is 4.74 Å². The molecule has 0 aromatic heterocycles. The molecule has 0 saturated carbocycles. The molecule has 1 atom stereocenters. The lowest BCUT2D eigenvalue weighted by molar-refractivity contribution is -0.151. The highest BCUT2D eigenvalue weighted by molar-refractivity contribution is 5.98. The smallest absolute Gasteiger partial charge is 0.331 e. The van der Waals surface area contributed by atoms with Crippen molar-refractivity contribution in [2.75, 3.05) is 6.54 Å². The Hall–Kier alpha value is -2.63. The Bertz CT molecular complexity index is 563. The number of nitrogens with one attached hydrogen (secondary N) is 2. The molecule has 1 aromatic carbocycles. The maximum Gasteiger partial charge on any atom is 0.331 e. The van der Waals surface area contributed by atoms with Gasteiger partial charge in [0, 0.05) is 18.2 Å². The summed E-state index contributed by atoms with van der Waals surface area (Å²) in [5, 5.41) is 4.60. The van der Waals surface area contributed by atoms with Gasteiger partial charge in [0.2, 0.25) is 6.10 Å². The van der Waals surface area contributed by atoms with Crippen molar-refractivity contribution in [1.82, 2.24) is 10.6 Å². The first-order valence-electron chi connectivity index (χ1n) is 6.93. The van der Waals surface area contributed by atoms with Crippen LogP contribution < -0.4 is 10.6 Å².